The largest absolute Gasteiger partial charge is 0.396 e. The molecule has 0 spiro atoms. The lowest BCUT2D eigenvalue weighted by Crippen LogP contribution is -2.32. The monoisotopic (exact) mass is 389 g/mol. The molecule has 0 saturated carbocycles. The van der Waals surface area contributed by atoms with Crippen molar-refractivity contribution in [2.24, 2.45) is 0 Å². The summed E-state index contributed by atoms with van der Waals surface area (Å²) in [5, 5.41) is 9.17. The van der Waals surface area contributed by atoms with E-state index in [9.17, 15) is 14.7 Å². The van der Waals surface area contributed by atoms with Gasteiger partial charge in [0.15, 0.2) is 0 Å². The van der Waals surface area contributed by atoms with Gasteiger partial charge in [-0.15, -0.1) is 11.8 Å². The second-order valence-electron chi connectivity index (χ2n) is 7.10. The van der Waals surface area contributed by atoms with Gasteiger partial charge in [-0.25, -0.2) is 0 Å². The molecule has 148 valence electrons. The van der Waals surface area contributed by atoms with Crippen molar-refractivity contribution in [1.82, 2.24) is 4.90 Å². The number of aliphatic hydroxyl groups is 1. The van der Waals surface area contributed by atoms with E-state index in [1.807, 2.05) is 32.0 Å². The smallest absolute Gasteiger partial charge is 0.267 e. The summed E-state index contributed by atoms with van der Waals surface area (Å²) in [5.74, 6) is 0.00517. The van der Waals surface area contributed by atoms with E-state index in [4.69, 9.17) is 0 Å². The summed E-state index contributed by atoms with van der Waals surface area (Å²) < 4.78 is 0. The van der Waals surface area contributed by atoms with Gasteiger partial charge in [0.25, 0.3) is 11.8 Å². The van der Waals surface area contributed by atoms with Crippen LogP contribution in [0.1, 0.15) is 62.1 Å². The summed E-state index contributed by atoms with van der Waals surface area (Å²) in [4.78, 5) is 27.8. The molecular formula is C22H31NO3S. The fourth-order valence-electron chi connectivity index (χ4n) is 3.24. The Kier molecular flexibility index (Phi) is 8.58. The second kappa shape index (κ2) is 10.7. The van der Waals surface area contributed by atoms with Crippen molar-refractivity contribution in [2.45, 2.75) is 59.3 Å². The molecule has 0 bridgehead atoms. The first kappa shape index (κ1) is 21.7. The predicted molar refractivity (Wildman–Crippen MR) is 112 cm³/mol. The average Bonchev–Trinajstić information content (AvgIpc) is 2.89. The zero-order chi connectivity index (χ0) is 19.8. The Morgan fingerprint density at radius 1 is 0.963 bits per heavy atom. The lowest BCUT2D eigenvalue weighted by atomic mass is 10.0. The van der Waals surface area contributed by atoms with E-state index in [1.54, 1.807) is 0 Å². The molecule has 0 saturated heterocycles. The van der Waals surface area contributed by atoms with Crippen LogP contribution in [0.15, 0.2) is 23.1 Å². The zero-order valence-corrected chi connectivity index (χ0v) is 17.5. The van der Waals surface area contributed by atoms with Gasteiger partial charge in [-0.2, -0.15) is 0 Å². The highest BCUT2D eigenvalue weighted by atomic mass is 32.2. The summed E-state index contributed by atoms with van der Waals surface area (Å²) >= 11 is 1.28. The van der Waals surface area contributed by atoms with E-state index in [0.717, 1.165) is 36.0 Å². The van der Waals surface area contributed by atoms with Crippen molar-refractivity contribution in [3.63, 3.8) is 0 Å². The summed E-state index contributed by atoms with van der Waals surface area (Å²) in [6.45, 7) is 6.68. The van der Waals surface area contributed by atoms with Gasteiger partial charge in [-0.05, 0) is 37.0 Å². The summed E-state index contributed by atoms with van der Waals surface area (Å²) in [7, 11) is 0. The molecule has 0 fully saturated rings. The molecule has 0 aromatic heterocycles. The van der Waals surface area contributed by atoms with Crippen LogP contribution >= 0.6 is 11.8 Å². The Hall–Kier alpha value is -1.59. The van der Waals surface area contributed by atoms with E-state index in [1.165, 1.54) is 35.9 Å². The fraction of sp³-hybridized carbons (Fsp3) is 0.545. The number of amides is 2. The molecule has 1 aliphatic heterocycles. The molecule has 1 aromatic carbocycles. The van der Waals surface area contributed by atoms with E-state index in [0.29, 0.717) is 22.8 Å². The number of nitrogens with zero attached hydrogens (tertiary/aromatic N) is 1. The number of aliphatic hydroxyl groups excluding tert-OH is 1. The third-order valence-electron chi connectivity index (χ3n) is 4.99. The molecule has 2 rings (SSSR count). The number of carbonyl (C=O) groups is 2. The Labute approximate surface area is 167 Å². The van der Waals surface area contributed by atoms with Gasteiger partial charge >= 0.3 is 0 Å². The van der Waals surface area contributed by atoms with Crippen LogP contribution in [0.25, 0.3) is 5.57 Å². The minimum atomic E-state index is -0.208. The van der Waals surface area contributed by atoms with Crippen molar-refractivity contribution in [2.75, 3.05) is 18.9 Å². The number of benzene rings is 1. The molecule has 4 nitrogen and oxygen atoms in total. The average molecular weight is 390 g/mol. The molecule has 1 N–H and O–H groups in total. The van der Waals surface area contributed by atoms with Crippen LogP contribution in [0.3, 0.4) is 0 Å². The van der Waals surface area contributed by atoms with Crippen LogP contribution in [0, 0.1) is 13.8 Å². The van der Waals surface area contributed by atoms with Crippen molar-refractivity contribution >= 4 is 29.1 Å². The highest BCUT2D eigenvalue weighted by molar-refractivity contribution is 8.04. The van der Waals surface area contributed by atoms with Crippen LogP contribution < -0.4 is 0 Å². The van der Waals surface area contributed by atoms with Gasteiger partial charge in [0, 0.05) is 12.3 Å². The summed E-state index contributed by atoms with van der Waals surface area (Å²) in [6.07, 6.45) is 6.68. The third kappa shape index (κ3) is 5.45. The highest BCUT2D eigenvalue weighted by Gasteiger charge is 2.38. The Bertz CT molecular complexity index is 712. The Morgan fingerprint density at radius 3 is 2.33 bits per heavy atom. The van der Waals surface area contributed by atoms with Gasteiger partial charge < -0.3 is 5.11 Å². The van der Waals surface area contributed by atoms with Crippen LogP contribution in [-0.2, 0) is 9.59 Å². The lowest BCUT2D eigenvalue weighted by Gasteiger charge is -2.15. The molecule has 5 heteroatoms. The summed E-state index contributed by atoms with van der Waals surface area (Å²) in [5.41, 5.74) is 3.54. The maximum Gasteiger partial charge on any atom is 0.267 e. The number of hydrogen-bond acceptors (Lipinski definition) is 4. The van der Waals surface area contributed by atoms with E-state index >= 15 is 0 Å². The van der Waals surface area contributed by atoms with Crippen LogP contribution in [0.2, 0.25) is 0 Å². The fourth-order valence-corrected chi connectivity index (χ4v) is 4.12. The Balaban J connectivity index is 2.15. The van der Waals surface area contributed by atoms with Crippen molar-refractivity contribution in [3.05, 3.63) is 39.8 Å². The first-order chi connectivity index (χ1) is 13.0. The number of thioether (sulfide) groups is 1. The summed E-state index contributed by atoms with van der Waals surface area (Å²) in [6, 6.07) is 5.88. The van der Waals surface area contributed by atoms with Gasteiger partial charge in [0.2, 0.25) is 0 Å². The van der Waals surface area contributed by atoms with Gasteiger partial charge in [-0.1, -0.05) is 57.2 Å². The highest BCUT2D eigenvalue weighted by Crippen LogP contribution is 2.36. The Morgan fingerprint density at radius 2 is 1.67 bits per heavy atom. The second-order valence-corrected chi connectivity index (χ2v) is 8.21. The number of rotatable bonds is 11. The molecule has 0 aliphatic carbocycles. The van der Waals surface area contributed by atoms with Gasteiger partial charge in [-0.3, -0.25) is 14.5 Å². The third-order valence-corrected chi connectivity index (χ3v) is 6.05. The standard InChI is InChI=1S/C22H31NO3S/c1-4-5-6-7-8-9-12-23-21(25)19(20(22(23)26)27-14-13-24)18-11-10-16(2)17(3)15-18/h10-11,15,24H,4-9,12-14H2,1-3H3. The number of carbonyl (C=O) groups excluding carboxylic acids is 2. The maximum atomic E-state index is 13.0. The van der Waals surface area contributed by atoms with Crippen LogP contribution in [0.5, 0.6) is 0 Å². The molecule has 27 heavy (non-hydrogen) atoms. The maximum absolute atomic E-state index is 13.0. The molecule has 0 atom stereocenters. The molecule has 0 radical (unpaired) electrons. The minimum Gasteiger partial charge on any atom is -0.396 e. The quantitative estimate of drug-likeness (QED) is 0.448. The van der Waals surface area contributed by atoms with Crippen LogP contribution in [0.4, 0.5) is 0 Å². The van der Waals surface area contributed by atoms with E-state index in [2.05, 4.69) is 6.92 Å². The topological polar surface area (TPSA) is 57.6 Å². The normalized spacial score (nSPS) is 14.6. The number of aryl methyl sites for hydroxylation is 2. The predicted octanol–water partition coefficient (Wildman–Crippen LogP) is 4.47. The van der Waals surface area contributed by atoms with Crippen LogP contribution in [-0.4, -0.2) is 40.7 Å². The first-order valence-corrected chi connectivity index (χ1v) is 10.9. The SMILES string of the molecule is CCCCCCCCN1C(=O)C(SCCO)=C(c2ccc(C)c(C)c2)C1=O. The minimum absolute atomic E-state index is 0.0206. The van der Waals surface area contributed by atoms with E-state index < -0.39 is 0 Å². The molecule has 1 aromatic rings. The molecule has 2 amide bonds. The van der Waals surface area contributed by atoms with Crippen molar-refractivity contribution in [3.8, 4) is 0 Å². The van der Waals surface area contributed by atoms with Gasteiger partial charge in [0.1, 0.15) is 0 Å². The molecule has 0 unspecified atom stereocenters. The lowest BCUT2D eigenvalue weighted by molar-refractivity contribution is -0.136. The van der Waals surface area contributed by atoms with Crippen molar-refractivity contribution < 1.29 is 14.7 Å². The molecular weight excluding hydrogens is 358 g/mol. The van der Waals surface area contributed by atoms with E-state index in [-0.39, 0.29) is 18.4 Å². The molecule has 1 aliphatic rings. The molecule has 1 heterocycles. The van der Waals surface area contributed by atoms with Gasteiger partial charge in [0.05, 0.1) is 17.1 Å². The number of hydrogen-bond donors (Lipinski definition) is 1. The first-order valence-electron chi connectivity index (χ1n) is 9.93. The van der Waals surface area contributed by atoms with Crippen molar-refractivity contribution in [1.29, 1.82) is 0 Å². The number of unbranched alkanes of at least 4 members (excludes halogenated alkanes) is 5. The zero-order valence-electron chi connectivity index (χ0n) is 16.7. The number of imide groups is 1.